The van der Waals surface area contributed by atoms with E-state index >= 15 is 0 Å². The number of hydrogen-bond acceptors (Lipinski definition) is 2. The minimum Gasteiger partial charge on any atom is -0.390 e. The Morgan fingerprint density at radius 1 is 2.00 bits per heavy atom. The summed E-state index contributed by atoms with van der Waals surface area (Å²) in [7, 11) is 0. The highest BCUT2D eigenvalue weighted by molar-refractivity contribution is 8.11. The minimum absolute atomic E-state index is 0.0988. The van der Waals surface area contributed by atoms with Crippen LogP contribution < -0.4 is 0 Å². The van der Waals surface area contributed by atoms with Gasteiger partial charge in [0.2, 0.25) is 0 Å². The highest BCUT2D eigenvalue weighted by Crippen LogP contribution is 1.76. The van der Waals surface area contributed by atoms with Gasteiger partial charge in [-0.3, -0.25) is 0 Å². The van der Waals surface area contributed by atoms with Gasteiger partial charge in [-0.05, 0) is 0 Å². The Bertz CT molecular complexity index is 42.9. The summed E-state index contributed by atoms with van der Waals surface area (Å²) in [6.45, 7) is -0.0988. The standard InChI is InChI=1S/C2H4OS2/c3-1-2(4)5/h3H,1H2,(H,4,5). The molecule has 0 fully saturated rings. The zero-order chi connectivity index (χ0) is 4.28. The van der Waals surface area contributed by atoms with E-state index in [4.69, 9.17) is 5.11 Å². The fourth-order valence-corrected chi connectivity index (χ4v) is 0. The Balaban J connectivity index is 2.85. The third-order valence-corrected chi connectivity index (χ3v) is 0.406. The molecule has 0 amide bonds. The average Bonchev–Trinajstić information content (AvgIpc) is 1.38. The van der Waals surface area contributed by atoms with Crippen LogP contribution >= 0.6 is 24.8 Å². The van der Waals surface area contributed by atoms with Gasteiger partial charge in [0, 0.05) is 0 Å². The van der Waals surface area contributed by atoms with Gasteiger partial charge in [-0.1, -0.05) is 12.2 Å². The summed E-state index contributed by atoms with van der Waals surface area (Å²) in [6.07, 6.45) is 0. The fourth-order valence-electron chi connectivity index (χ4n) is 0. The van der Waals surface area contributed by atoms with Crippen molar-refractivity contribution in [3.63, 3.8) is 0 Å². The maximum atomic E-state index is 7.93. The lowest BCUT2D eigenvalue weighted by Crippen LogP contribution is -1.86. The Hall–Kier alpha value is 0.400. The molecule has 0 heterocycles. The molecule has 1 nitrogen and oxygen atoms in total. The van der Waals surface area contributed by atoms with Crippen LogP contribution in [0.5, 0.6) is 0 Å². The number of hydrogen-bond donors (Lipinski definition) is 2. The lowest BCUT2D eigenvalue weighted by Gasteiger charge is -1.75. The molecule has 0 atom stereocenters. The van der Waals surface area contributed by atoms with Crippen molar-refractivity contribution >= 4 is 29.0 Å². The summed E-state index contributed by atoms with van der Waals surface area (Å²) >= 11 is 7.89. The number of aliphatic hydroxyl groups is 1. The molecule has 0 aromatic rings. The maximum absolute atomic E-state index is 7.93. The molecular formula is C2H4OS2. The van der Waals surface area contributed by atoms with E-state index in [9.17, 15) is 0 Å². The second-order valence-corrected chi connectivity index (χ2v) is 1.89. The third kappa shape index (κ3) is 4.40. The van der Waals surface area contributed by atoms with Crippen LogP contribution in [0.2, 0.25) is 0 Å². The van der Waals surface area contributed by atoms with Crippen molar-refractivity contribution in [3.05, 3.63) is 0 Å². The van der Waals surface area contributed by atoms with E-state index in [1.165, 1.54) is 0 Å². The number of rotatable bonds is 1. The topological polar surface area (TPSA) is 20.2 Å². The van der Waals surface area contributed by atoms with Gasteiger partial charge in [0.05, 0.1) is 10.8 Å². The van der Waals surface area contributed by atoms with Crippen molar-refractivity contribution in [3.8, 4) is 0 Å². The van der Waals surface area contributed by atoms with E-state index in [0.717, 1.165) is 0 Å². The minimum atomic E-state index is -0.0988. The van der Waals surface area contributed by atoms with Crippen LogP contribution in [0.1, 0.15) is 0 Å². The van der Waals surface area contributed by atoms with Crippen LogP contribution in [0.3, 0.4) is 0 Å². The molecule has 0 rings (SSSR count). The van der Waals surface area contributed by atoms with Crippen LogP contribution in [0.4, 0.5) is 0 Å². The molecule has 0 aromatic heterocycles. The average molecular weight is 108 g/mol. The molecule has 3 heteroatoms. The van der Waals surface area contributed by atoms with Gasteiger partial charge in [-0.2, -0.15) is 0 Å². The van der Waals surface area contributed by atoms with Crippen LogP contribution in [0.25, 0.3) is 0 Å². The quantitative estimate of drug-likeness (QED) is 0.370. The molecular weight excluding hydrogens is 104 g/mol. The molecule has 0 aliphatic carbocycles. The van der Waals surface area contributed by atoms with E-state index in [1.807, 2.05) is 0 Å². The number of thiocarbonyl (C=S) groups is 1. The largest absolute Gasteiger partial charge is 0.390 e. The fraction of sp³-hybridized carbons (Fsp3) is 0.500. The van der Waals surface area contributed by atoms with E-state index in [2.05, 4.69) is 24.8 Å². The Morgan fingerprint density at radius 3 is 2.20 bits per heavy atom. The molecule has 5 heavy (non-hydrogen) atoms. The summed E-state index contributed by atoms with van der Waals surface area (Å²) in [6, 6.07) is 0. The van der Waals surface area contributed by atoms with Gasteiger partial charge < -0.3 is 5.11 Å². The molecule has 1 N–H and O–H groups in total. The van der Waals surface area contributed by atoms with Crippen LogP contribution in [0.15, 0.2) is 0 Å². The molecule has 30 valence electrons. The molecule has 0 saturated heterocycles. The van der Waals surface area contributed by atoms with E-state index < -0.39 is 0 Å². The van der Waals surface area contributed by atoms with Crippen molar-refractivity contribution in [1.29, 1.82) is 0 Å². The molecule has 0 radical (unpaired) electrons. The summed E-state index contributed by atoms with van der Waals surface area (Å²) in [4.78, 5) is 0. The summed E-state index contributed by atoms with van der Waals surface area (Å²) in [5.74, 6) is 0. The molecule has 0 unspecified atom stereocenters. The second kappa shape index (κ2) is 2.63. The highest BCUT2D eigenvalue weighted by Gasteiger charge is 1.73. The molecule has 0 saturated carbocycles. The normalized spacial score (nSPS) is 7.60. The highest BCUT2D eigenvalue weighted by atomic mass is 32.1. The maximum Gasteiger partial charge on any atom is 0.0840 e. The third-order valence-electron chi connectivity index (χ3n) is 0.135. The van der Waals surface area contributed by atoms with Crippen molar-refractivity contribution in [2.45, 2.75) is 0 Å². The lowest BCUT2D eigenvalue weighted by atomic mass is 10.9. The first kappa shape index (κ1) is 5.40. The van der Waals surface area contributed by atoms with E-state index in [0.29, 0.717) is 4.20 Å². The van der Waals surface area contributed by atoms with E-state index in [1.54, 1.807) is 0 Å². The van der Waals surface area contributed by atoms with Crippen LogP contribution in [-0.4, -0.2) is 15.9 Å². The first-order chi connectivity index (χ1) is 2.27. The number of aliphatic hydroxyl groups excluding tert-OH is 1. The smallest absolute Gasteiger partial charge is 0.0840 e. The van der Waals surface area contributed by atoms with Gasteiger partial charge in [-0.15, -0.1) is 12.6 Å². The monoisotopic (exact) mass is 108 g/mol. The molecule has 0 spiro atoms. The first-order valence-corrected chi connectivity index (χ1v) is 1.95. The first-order valence-electron chi connectivity index (χ1n) is 1.10. The van der Waals surface area contributed by atoms with Crippen molar-refractivity contribution < 1.29 is 5.11 Å². The van der Waals surface area contributed by atoms with E-state index in [-0.39, 0.29) is 6.61 Å². The van der Waals surface area contributed by atoms with Crippen LogP contribution in [-0.2, 0) is 0 Å². The SMILES string of the molecule is OCC(=S)S. The van der Waals surface area contributed by atoms with Crippen molar-refractivity contribution in [1.82, 2.24) is 0 Å². The van der Waals surface area contributed by atoms with Gasteiger partial charge in [0.15, 0.2) is 0 Å². The van der Waals surface area contributed by atoms with Gasteiger partial charge in [0.25, 0.3) is 0 Å². The molecule has 0 bridgehead atoms. The molecule has 0 aliphatic heterocycles. The van der Waals surface area contributed by atoms with Gasteiger partial charge in [0.1, 0.15) is 0 Å². The summed E-state index contributed by atoms with van der Waals surface area (Å²) in [5.41, 5.74) is 0. The Labute approximate surface area is 41.4 Å². The van der Waals surface area contributed by atoms with Crippen molar-refractivity contribution in [2.75, 3.05) is 6.61 Å². The van der Waals surface area contributed by atoms with Crippen LogP contribution in [0, 0.1) is 0 Å². The molecule has 0 aromatic carbocycles. The Kier molecular flexibility index (Phi) is 2.84. The Morgan fingerprint density at radius 2 is 2.20 bits per heavy atom. The van der Waals surface area contributed by atoms with Gasteiger partial charge >= 0.3 is 0 Å². The zero-order valence-corrected chi connectivity index (χ0v) is 4.22. The summed E-state index contributed by atoms with van der Waals surface area (Å²) in [5, 5.41) is 7.93. The predicted octanol–water partition coefficient (Wildman–Crippen LogP) is 0.236. The van der Waals surface area contributed by atoms with Crippen molar-refractivity contribution in [2.24, 2.45) is 0 Å². The summed E-state index contributed by atoms with van der Waals surface area (Å²) < 4.78 is 0.338. The van der Waals surface area contributed by atoms with Gasteiger partial charge in [-0.25, -0.2) is 0 Å². The lowest BCUT2D eigenvalue weighted by molar-refractivity contribution is 0.362. The predicted molar refractivity (Wildman–Crippen MR) is 28.7 cm³/mol. The molecule has 0 aliphatic rings. The zero-order valence-electron chi connectivity index (χ0n) is 2.51. The number of thiol groups is 1. The second-order valence-electron chi connectivity index (χ2n) is 0.552.